The van der Waals surface area contributed by atoms with E-state index in [1.54, 1.807) is 17.4 Å². The van der Waals surface area contributed by atoms with Crippen LogP contribution in [0.2, 0.25) is 0 Å². The van der Waals surface area contributed by atoms with E-state index in [9.17, 15) is 4.39 Å². The third-order valence-corrected chi connectivity index (χ3v) is 4.42. The predicted octanol–water partition coefficient (Wildman–Crippen LogP) is 4.54. The molecule has 2 rings (SSSR count). The molecule has 1 N–H and O–H groups in total. The molecule has 1 aromatic carbocycles. The van der Waals surface area contributed by atoms with Gasteiger partial charge in [0.1, 0.15) is 5.82 Å². The van der Waals surface area contributed by atoms with Crippen LogP contribution in [0.1, 0.15) is 23.6 Å². The molecule has 0 bridgehead atoms. The third kappa shape index (κ3) is 3.19. The van der Waals surface area contributed by atoms with Gasteiger partial charge in [-0.2, -0.15) is 11.3 Å². The summed E-state index contributed by atoms with van der Waals surface area (Å²) < 4.78 is 14.7. The summed E-state index contributed by atoms with van der Waals surface area (Å²) in [6.07, 6.45) is 1.84. The first-order valence-electron chi connectivity index (χ1n) is 5.84. The van der Waals surface area contributed by atoms with Gasteiger partial charge in [0.05, 0.1) is 0 Å². The van der Waals surface area contributed by atoms with Crippen LogP contribution in [-0.2, 0) is 6.42 Å². The zero-order chi connectivity index (χ0) is 13.0. The Morgan fingerprint density at radius 2 is 2.22 bits per heavy atom. The van der Waals surface area contributed by atoms with Crippen LogP contribution in [-0.4, -0.2) is 7.05 Å². The lowest BCUT2D eigenvalue weighted by Gasteiger charge is -2.18. The molecule has 0 saturated carbocycles. The SMILES string of the molecule is CNC(CCc1ccsc1)c1c(F)cccc1Br. The number of nitrogens with one attached hydrogen (secondary N) is 1. The first-order valence-corrected chi connectivity index (χ1v) is 7.58. The lowest BCUT2D eigenvalue weighted by Crippen LogP contribution is -2.19. The molecular formula is C14H15BrFNS. The normalized spacial score (nSPS) is 12.6. The van der Waals surface area contributed by atoms with Gasteiger partial charge < -0.3 is 5.32 Å². The largest absolute Gasteiger partial charge is 0.313 e. The van der Waals surface area contributed by atoms with Gasteiger partial charge in [-0.3, -0.25) is 0 Å². The van der Waals surface area contributed by atoms with Gasteiger partial charge in [0.15, 0.2) is 0 Å². The summed E-state index contributed by atoms with van der Waals surface area (Å²) >= 11 is 5.13. The van der Waals surface area contributed by atoms with E-state index in [2.05, 4.69) is 38.1 Å². The molecule has 4 heteroatoms. The average Bonchev–Trinajstić information content (AvgIpc) is 2.86. The molecule has 1 nitrogen and oxygen atoms in total. The summed E-state index contributed by atoms with van der Waals surface area (Å²) in [4.78, 5) is 0. The third-order valence-electron chi connectivity index (χ3n) is 3.00. The molecule has 1 heterocycles. The second kappa shape index (κ2) is 6.45. The molecular weight excluding hydrogens is 313 g/mol. The summed E-state index contributed by atoms with van der Waals surface area (Å²) in [5.41, 5.74) is 2.03. The summed E-state index contributed by atoms with van der Waals surface area (Å²) in [7, 11) is 1.87. The summed E-state index contributed by atoms with van der Waals surface area (Å²) in [6.45, 7) is 0. The van der Waals surface area contributed by atoms with E-state index in [1.165, 1.54) is 11.6 Å². The zero-order valence-corrected chi connectivity index (χ0v) is 12.5. The minimum atomic E-state index is -0.158. The van der Waals surface area contributed by atoms with Crippen LogP contribution >= 0.6 is 27.3 Å². The minimum Gasteiger partial charge on any atom is -0.313 e. The lowest BCUT2D eigenvalue weighted by molar-refractivity contribution is 0.506. The Balaban J connectivity index is 2.13. The maximum atomic E-state index is 13.9. The summed E-state index contributed by atoms with van der Waals surface area (Å²) in [6, 6.07) is 7.26. The van der Waals surface area contributed by atoms with Gasteiger partial charge in [-0.25, -0.2) is 4.39 Å². The molecule has 0 radical (unpaired) electrons. The molecule has 0 spiro atoms. The van der Waals surface area contributed by atoms with Crippen LogP contribution in [0.25, 0.3) is 0 Å². The molecule has 1 atom stereocenters. The Morgan fingerprint density at radius 1 is 1.39 bits per heavy atom. The number of rotatable bonds is 5. The quantitative estimate of drug-likeness (QED) is 0.849. The zero-order valence-electron chi connectivity index (χ0n) is 10.1. The Labute approximate surface area is 119 Å². The van der Waals surface area contributed by atoms with E-state index in [-0.39, 0.29) is 11.9 Å². The highest BCUT2D eigenvalue weighted by Crippen LogP contribution is 2.29. The van der Waals surface area contributed by atoms with Crippen LogP contribution in [0.4, 0.5) is 4.39 Å². The van der Waals surface area contributed by atoms with Crippen molar-refractivity contribution in [2.45, 2.75) is 18.9 Å². The van der Waals surface area contributed by atoms with Crippen LogP contribution in [0.3, 0.4) is 0 Å². The van der Waals surface area contributed by atoms with Gasteiger partial charge in [-0.1, -0.05) is 22.0 Å². The highest BCUT2D eigenvalue weighted by Gasteiger charge is 2.17. The fraction of sp³-hybridized carbons (Fsp3) is 0.286. The van der Waals surface area contributed by atoms with Crippen LogP contribution in [0.5, 0.6) is 0 Å². The van der Waals surface area contributed by atoms with Crippen molar-refractivity contribution in [3.8, 4) is 0 Å². The molecule has 0 aliphatic carbocycles. The van der Waals surface area contributed by atoms with Crippen molar-refractivity contribution in [1.82, 2.24) is 5.32 Å². The van der Waals surface area contributed by atoms with Crippen molar-refractivity contribution in [2.75, 3.05) is 7.05 Å². The van der Waals surface area contributed by atoms with Gasteiger partial charge >= 0.3 is 0 Å². The average molecular weight is 328 g/mol. The molecule has 96 valence electrons. The summed E-state index contributed by atoms with van der Waals surface area (Å²) in [5.74, 6) is -0.158. The van der Waals surface area contributed by atoms with Gasteiger partial charge in [0, 0.05) is 16.1 Å². The Kier molecular flexibility index (Phi) is 4.92. The molecule has 0 aliphatic rings. The monoisotopic (exact) mass is 327 g/mol. The fourth-order valence-electron chi connectivity index (χ4n) is 2.02. The lowest BCUT2D eigenvalue weighted by atomic mass is 10.00. The first-order chi connectivity index (χ1) is 8.72. The van der Waals surface area contributed by atoms with Crippen molar-refractivity contribution < 1.29 is 4.39 Å². The number of hydrogen-bond donors (Lipinski definition) is 1. The molecule has 0 saturated heterocycles. The van der Waals surface area contributed by atoms with Gasteiger partial charge in [-0.05, 0) is 54.4 Å². The maximum absolute atomic E-state index is 13.9. The fourth-order valence-corrected chi connectivity index (χ4v) is 3.34. The van der Waals surface area contributed by atoms with E-state index in [1.807, 2.05) is 13.1 Å². The van der Waals surface area contributed by atoms with E-state index in [0.29, 0.717) is 0 Å². The minimum absolute atomic E-state index is 0.0282. The first kappa shape index (κ1) is 13.7. The molecule has 0 amide bonds. The second-order valence-corrected chi connectivity index (χ2v) is 5.78. The molecule has 18 heavy (non-hydrogen) atoms. The number of aryl methyl sites for hydroxylation is 1. The maximum Gasteiger partial charge on any atom is 0.129 e. The van der Waals surface area contributed by atoms with Gasteiger partial charge in [0.2, 0.25) is 0 Å². The topological polar surface area (TPSA) is 12.0 Å². The number of hydrogen-bond acceptors (Lipinski definition) is 2. The van der Waals surface area contributed by atoms with Crippen LogP contribution in [0.15, 0.2) is 39.5 Å². The molecule has 0 aliphatic heterocycles. The van der Waals surface area contributed by atoms with E-state index < -0.39 is 0 Å². The number of benzene rings is 1. The van der Waals surface area contributed by atoms with Crippen molar-refractivity contribution >= 4 is 27.3 Å². The second-order valence-electron chi connectivity index (χ2n) is 4.15. The van der Waals surface area contributed by atoms with Crippen molar-refractivity contribution in [1.29, 1.82) is 0 Å². The molecule has 1 aromatic heterocycles. The van der Waals surface area contributed by atoms with E-state index >= 15 is 0 Å². The standard InChI is InChI=1S/C14H15BrFNS/c1-17-13(6-5-10-7-8-18-9-10)14-11(15)3-2-4-12(14)16/h2-4,7-9,13,17H,5-6H2,1H3. The molecule has 2 aromatic rings. The predicted molar refractivity (Wildman–Crippen MR) is 78.5 cm³/mol. The highest BCUT2D eigenvalue weighted by atomic mass is 79.9. The molecule has 0 fully saturated rings. The van der Waals surface area contributed by atoms with Crippen molar-refractivity contribution in [3.05, 3.63) is 56.4 Å². The number of halogens is 2. The van der Waals surface area contributed by atoms with Gasteiger partial charge in [-0.15, -0.1) is 0 Å². The van der Waals surface area contributed by atoms with Crippen LogP contribution < -0.4 is 5.32 Å². The van der Waals surface area contributed by atoms with E-state index in [0.717, 1.165) is 22.9 Å². The Morgan fingerprint density at radius 3 is 2.83 bits per heavy atom. The molecule has 1 unspecified atom stereocenters. The summed E-state index contributed by atoms with van der Waals surface area (Å²) in [5, 5.41) is 7.41. The smallest absolute Gasteiger partial charge is 0.129 e. The van der Waals surface area contributed by atoms with Gasteiger partial charge in [0.25, 0.3) is 0 Å². The number of thiophene rings is 1. The Bertz CT molecular complexity index is 478. The Hall–Kier alpha value is -0.710. The van der Waals surface area contributed by atoms with Crippen LogP contribution in [0, 0.1) is 5.82 Å². The highest BCUT2D eigenvalue weighted by molar-refractivity contribution is 9.10. The van der Waals surface area contributed by atoms with Crippen molar-refractivity contribution in [3.63, 3.8) is 0 Å². The van der Waals surface area contributed by atoms with E-state index in [4.69, 9.17) is 0 Å². The van der Waals surface area contributed by atoms with Crippen molar-refractivity contribution in [2.24, 2.45) is 0 Å².